The van der Waals surface area contributed by atoms with Crippen molar-refractivity contribution in [3.8, 4) is 33.4 Å². The summed E-state index contributed by atoms with van der Waals surface area (Å²) >= 11 is 0. The van der Waals surface area contributed by atoms with E-state index in [1.807, 2.05) is 48.5 Å². The van der Waals surface area contributed by atoms with Crippen LogP contribution in [0, 0.1) is 0 Å². The largest absolute Gasteiger partial charge is 0.456 e. The third kappa shape index (κ3) is 5.48. The fourth-order valence-corrected chi connectivity index (χ4v) is 8.06. The van der Waals surface area contributed by atoms with Crippen molar-refractivity contribution in [2.24, 2.45) is 9.98 Å². The molecule has 5 heteroatoms. The molecule has 0 saturated carbocycles. The Bertz CT molecular complexity index is 3160. The second-order valence-corrected chi connectivity index (χ2v) is 14.2. The number of nitrogens with one attached hydrogen (secondary N) is 1. The molecule has 0 amide bonds. The van der Waals surface area contributed by atoms with Crippen LogP contribution in [0.15, 0.2) is 207 Å². The van der Waals surface area contributed by atoms with Crippen molar-refractivity contribution >= 4 is 55.5 Å². The SMILES string of the molecule is c1ccc(-c2ccc(C3=NC(c4cccc5oc6ccc(-c7cccc(-c8ccccc8)c7)cc6c45)=NC(c4cccc5oc6ccccc6c45)N3)cc2)cc1. The highest BCUT2D eigenvalue weighted by Crippen LogP contribution is 2.39. The maximum Gasteiger partial charge on any atom is 0.160 e. The lowest BCUT2D eigenvalue weighted by atomic mass is 9.97. The zero-order valence-electron chi connectivity index (χ0n) is 30.2. The van der Waals surface area contributed by atoms with E-state index in [2.05, 4.69) is 145 Å². The quantitative estimate of drug-likeness (QED) is 0.186. The lowest BCUT2D eigenvalue weighted by molar-refractivity contribution is 0.662. The molecule has 0 aliphatic carbocycles. The number of rotatable bonds is 6. The minimum atomic E-state index is -0.444. The highest BCUT2D eigenvalue weighted by molar-refractivity contribution is 6.22. The third-order valence-corrected chi connectivity index (χ3v) is 10.8. The van der Waals surface area contributed by atoms with Crippen LogP contribution in [0.2, 0.25) is 0 Å². The molecular weight excluding hydrogens is 687 g/mol. The maximum atomic E-state index is 6.51. The Morgan fingerprint density at radius 1 is 0.393 bits per heavy atom. The number of furan rings is 2. The van der Waals surface area contributed by atoms with Crippen LogP contribution in [0.5, 0.6) is 0 Å². The molecule has 1 unspecified atom stereocenters. The van der Waals surface area contributed by atoms with Gasteiger partial charge in [-0.15, -0.1) is 0 Å². The van der Waals surface area contributed by atoms with Gasteiger partial charge in [0.25, 0.3) is 0 Å². The van der Waals surface area contributed by atoms with Crippen molar-refractivity contribution in [2.45, 2.75) is 6.17 Å². The molecule has 10 aromatic rings. The van der Waals surface area contributed by atoms with E-state index in [4.69, 9.17) is 18.8 Å². The molecule has 3 heterocycles. The summed E-state index contributed by atoms with van der Waals surface area (Å²) in [7, 11) is 0. The molecule has 11 rings (SSSR count). The molecule has 8 aromatic carbocycles. The predicted molar refractivity (Wildman–Crippen MR) is 229 cm³/mol. The van der Waals surface area contributed by atoms with Crippen LogP contribution in [0.1, 0.15) is 22.9 Å². The minimum Gasteiger partial charge on any atom is -0.456 e. The van der Waals surface area contributed by atoms with E-state index in [9.17, 15) is 0 Å². The number of hydrogen-bond acceptors (Lipinski definition) is 5. The number of hydrogen-bond donors (Lipinski definition) is 1. The van der Waals surface area contributed by atoms with Gasteiger partial charge < -0.3 is 14.2 Å². The zero-order chi connectivity index (χ0) is 37.0. The van der Waals surface area contributed by atoms with Crippen LogP contribution in [-0.2, 0) is 0 Å². The Labute approximate surface area is 322 Å². The summed E-state index contributed by atoms with van der Waals surface area (Å²) in [5, 5.41) is 7.81. The van der Waals surface area contributed by atoms with Gasteiger partial charge >= 0.3 is 0 Å². The molecule has 56 heavy (non-hydrogen) atoms. The number of nitrogens with zero attached hydrogens (tertiary/aromatic N) is 2. The van der Waals surface area contributed by atoms with Gasteiger partial charge in [-0.1, -0.05) is 152 Å². The normalized spacial score (nSPS) is 14.2. The van der Waals surface area contributed by atoms with E-state index in [0.717, 1.165) is 83.1 Å². The highest BCUT2D eigenvalue weighted by atomic mass is 16.3. The topological polar surface area (TPSA) is 63.0 Å². The van der Waals surface area contributed by atoms with Gasteiger partial charge in [-0.05, 0) is 69.8 Å². The molecule has 2 aromatic heterocycles. The zero-order valence-corrected chi connectivity index (χ0v) is 30.2. The third-order valence-electron chi connectivity index (χ3n) is 10.8. The number of benzene rings is 8. The summed E-state index contributed by atoms with van der Waals surface area (Å²) < 4.78 is 12.8. The molecule has 0 saturated heterocycles. The van der Waals surface area contributed by atoms with Crippen LogP contribution in [0.3, 0.4) is 0 Å². The van der Waals surface area contributed by atoms with E-state index < -0.39 is 6.17 Å². The van der Waals surface area contributed by atoms with Crippen molar-refractivity contribution in [3.63, 3.8) is 0 Å². The number of aliphatic imine (C=N–C) groups is 2. The molecule has 0 fully saturated rings. The fraction of sp³-hybridized carbons (Fsp3) is 0.0196. The molecule has 1 N–H and O–H groups in total. The average Bonchev–Trinajstić information content (AvgIpc) is 3.85. The van der Waals surface area contributed by atoms with Gasteiger partial charge in [-0.25, -0.2) is 9.98 Å². The van der Waals surface area contributed by atoms with Crippen LogP contribution in [-0.4, -0.2) is 11.7 Å². The van der Waals surface area contributed by atoms with E-state index in [1.54, 1.807) is 0 Å². The van der Waals surface area contributed by atoms with Crippen molar-refractivity contribution in [1.29, 1.82) is 0 Å². The van der Waals surface area contributed by atoms with Crippen molar-refractivity contribution in [3.05, 3.63) is 205 Å². The Morgan fingerprint density at radius 2 is 0.929 bits per heavy atom. The van der Waals surface area contributed by atoms with Gasteiger partial charge in [0, 0.05) is 38.2 Å². The molecule has 1 aliphatic rings. The molecular formula is C51H33N3O2. The van der Waals surface area contributed by atoms with E-state index >= 15 is 0 Å². The molecule has 1 aliphatic heterocycles. The first-order chi connectivity index (χ1) is 27.7. The van der Waals surface area contributed by atoms with Crippen molar-refractivity contribution < 1.29 is 8.83 Å². The van der Waals surface area contributed by atoms with Crippen molar-refractivity contribution in [1.82, 2.24) is 5.32 Å². The van der Waals surface area contributed by atoms with Gasteiger partial charge in [0.2, 0.25) is 0 Å². The first-order valence-corrected chi connectivity index (χ1v) is 18.8. The van der Waals surface area contributed by atoms with Gasteiger partial charge in [0.1, 0.15) is 34.3 Å². The maximum absolute atomic E-state index is 6.51. The Hall–Kier alpha value is -7.50. The Morgan fingerprint density at radius 3 is 1.71 bits per heavy atom. The summed E-state index contributed by atoms with van der Waals surface area (Å²) in [5.74, 6) is 1.37. The first-order valence-electron chi connectivity index (χ1n) is 18.8. The molecule has 1 atom stereocenters. The van der Waals surface area contributed by atoms with Gasteiger partial charge in [-0.2, -0.15) is 0 Å². The molecule has 0 radical (unpaired) electrons. The number of fused-ring (bicyclic) bond motifs is 6. The van der Waals surface area contributed by atoms with E-state index in [1.165, 1.54) is 16.7 Å². The van der Waals surface area contributed by atoms with Crippen LogP contribution in [0.25, 0.3) is 77.3 Å². The van der Waals surface area contributed by atoms with E-state index in [0.29, 0.717) is 5.84 Å². The van der Waals surface area contributed by atoms with E-state index in [-0.39, 0.29) is 0 Å². The summed E-state index contributed by atoms with van der Waals surface area (Å²) in [6.07, 6.45) is -0.444. The standard InChI is InChI=1S/C51H33N3O2/c1-3-12-32(13-4-1)34-24-26-35(27-25-34)49-52-50(40-19-10-22-45-47(40)39-18-7-8-21-43(39)55-45)54-51(53-49)41-20-11-23-46-48(41)42-31-38(28-29-44(42)56-46)37-17-9-16-36(30-37)33-14-5-2-6-15-33/h1-31,50H,(H,52,53,54). The Balaban J connectivity index is 1.08. The monoisotopic (exact) mass is 719 g/mol. The lowest BCUT2D eigenvalue weighted by Crippen LogP contribution is -2.33. The summed E-state index contributed by atoms with van der Waals surface area (Å²) in [4.78, 5) is 10.7. The van der Waals surface area contributed by atoms with Crippen LogP contribution >= 0.6 is 0 Å². The molecule has 264 valence electrons. The second-order valence-electron chi connectivity index (χ2n) is 14.2. The fourth-order valence-electron chi connectivity index (χ4n) is 8.06. The molecule has 0 bridgehead atoms. The summed E-state index contributed by atoms with van der Waals surface area (Å²) in [6, 6.07) is 65.2. The van der Waals surface area contributed by atoms with Crippen LogP contribution < -0.4 is 5.32 Å². The average molecular weight is 720 g/mol. The highest BCUT2D eigenvalue weighted by Gasteiger charge is 2.26. The van der Waals surface area contributed by atoms with Crippen LogP contribution in [0.4, 0.5) is 0 Å². The lowest BCUT2D eigenvalue weighted by Gasteiger charge is -2.24. The summed E-state index contributed by atoms with van der Waals surface area (Å²) in [6.45, 7) is 0. The second kappa shape index (κ2) is 13.1. The predicted octanol–water partition coefficient (Wildman–Crippen LogP) is 13.0. The van der Waals surface area contributed by atoms with Gasteiger partial charge in [-0.3, -0.25) is 0 Å². The summed E-state index contributed by atoms with van der Waals surface area (Å²) in [5.41, 5.74) is 13.1. The smallest absolute Gasteiger partial charge is 0.160 e. The molecule has 5 nitrogen and oxygen atoms in total. The minimum absolute atomic E-state index is 0.444. The first kappa shape index (κ1) is 32.0. The number of amidine groups is 2. The van der Waals surface area contributed by atoms with Gasteiger partial charge in [0.15, 0.2) is 5.84 Å². The number of para-hydroxylation sites is 1. The Kier molecular flexibility index (Phi) is 7.49. The van der Waals surface area contributed by atoms with Gasteiger partial charge in [0.05, 0.1) is 0 Å². The van der Waals surface area contributed by atoms with Crippen molar-refractivity contribution in [2.75, 3.05) is 0 Å². The molecule has 0 spiro atoms.